The van der Waals surface area contributed by atoms with E-state index in [4.69, 9.17) is 5.14 Å². The fourth-order valence-electron chi connectivity index (χ4n) is 1.55. The second-order valence-electron chi connectivity index (χ2n) is 3.93. The van der Waals surface area contributed by atoms with Crippen LogP contribution in [-0.4, -0.2) is 18.0 Å². The van der Waals surface area contributed by atoms with Crippen LogP contribution in [0.4, 0.5) is 0 Å². The third-order valence-corrected chi connectivity index (χ3v) is 3.43. The first kappa shape index (κ1) is 13.2. The van der Waals surface area contributed by atoms with Crippen molar-refractivity contribution in [1.82, 2.24) is 9.55 Å². The topological polar surface area (TPSA) is 115 Å². The molecule has 2 rings (SSSR count). The zero-order chi connectivity index (χ0) is 14.0. The summed E-state index contributed by atoms with van der Waals surface area (Å²) in [5, 5.41) is 4.98. The fourth-order valence-corrected chi connectivity index (χ4v) is 2.07. The van der Waals surface area contributed by atoms with Crippen LogP contribution in [0.15, 0.2) is 51.0 Å². The molecule has 19 heavy (non-hydrogen) atoms. The average molecular weight is 281 g/mol. The van der Waals surface area contributed by atoms with Crippen LogP contribution in [0.1, 0.15) is 5.56 Å². The lowest BCUT2D eigenvalue weighted by Crippen LogP contribution is -2.28. The Hall–Kier alpha value is -2.19. The van der Waals surface area contributed by atoms with Crippen molar-refractivity contribution < 1.29 is 8.42 Å². The lowest BCUT2D eigenvalue weighted by molar-refractivity contribution is 0.597. The van der Waals surface area contributed by atoms with E-state index in [0.29, 0.717) is 5.56 Å². The average Bonchev–Trinajstić information content (AvgIpc) is 2.32. The number of nitrogens with two attached hydrogens (primary N) is 1. The Morgan fingerprint density at radius 3 is 2.26 bits per heavy atom. The van der Waals surface area contributed by atoms with Gasteiger partial charge in [0.15, 0.2) is 0 Å². The van der Waals surface area contributed by atoms with Gasteiger partial charge in [0.2, 0.25) is 10.0 Å². The van der Waals surface area contributed by atoms with E-state index >= 15 is 0 Å². The van der Waals surface area contributed by atoms with Gasteiger partial charge in [-0.2, -0.15) is 0 Å². The molecule has 100 valence electrons. The van der Waals surface area contributed by atoms with Crippen molar-refractivity contribution in [3.63, 3.8) is 0 Å². The standard InChI is InChI=1S/C11H11N3O4S/c12-19(17,18)9-3-1-8(2-4-9)7-14-6-5-10(15)13-11(14)16/h1-6H,7H2,(H2,12,17,18)(H,13,15,16). The number of hydrogen-bond acceptors (Lipinski definition) is 4. The number of aromatic nitrogens is 2. The zero-order valence-electron chi connectivity index (χ0n) is 9.74. The summed E-state index contributed by atoms with van der Waals surface area (Å²) in [6, 6.07) is 7.07. The van der Waals surface area contributed by atoms with Gasteiger partial charge in [0.25, 0.3) is 5.56 Å². The normalized spacial score (nSPS) is 11.4. The first-order chi connectivity index (χ1) is 8.86. The molecule has 1 heterocycles. The monoisotopic (exact) mass is 281 g/mol. The zero-order valence-corrected chi connectivity index (χ0v) is 10.6. The highest BCUT2D eigenvalue weighted by atomic mass is 32.2. The summed E-state index contributed by atoms with van der Waals surface area (Å²) in [5.74, 6) is 0. The molecule has 0 aliphatic rings. The number of nitrogens with one attached hydrogen (secondary N) is 1. The molecule has 8 heteroatoms. The Balaban J connectivity index is 2.30. The van der Waals surface area contributed by atoms with Crippen molar-refractivity contribution in [3.8, 4) is 0 Å². The van der Waals surface area contributed by atoms with E-state index in [2.05, 4.69) is 4.98 Å². The van der Waals surface area contributed by atoms with Crippen molar-refractivity contribution in [1.29, 1.82) is 0 Å². The van der Waals surface area contributed by atoms with E-state index < -0.39 is 21.3 Å². The van der Waals surface area contributed by atoms with Crippen LogP contribution in [0.25, 0.3) is 0 Å². The predicted octanol–water partition coefficient (Wildman–Crippen LogP) is -0.768. The number of benzene rings is 1. The molecular weight excluding hydrogens is 270 g/mol. The van der Waals surface area contributed by atoms with Crippen LogP contribution in [0.3, 0.4) is 0 Å². The number of nitrogens with zero attached hydrogens (tertiary/aromatic N) is 1. The molecule has 3 N–H and O–H groups in total. The molecule has 0 saturated carbocycles. The molecule has 0 saturated heterocycles. The van der Waals surface area contributed by atoms with Crippen LogP contribution < -0.4 is 16.4 Å². The van der Waals surface area contributed by atoms with E-state index in [1.807, 2.05) is 0 Å². The maximum Gasteiger partial charge on any atom is 0.328 e. The molecule has 0 aliphatic carbocycles. The second-order valence-corrected chi connectivity index (χ2v) is 5.49. The molecular formula is C11H11N3O4S. The SMILES string of the molecule is NS(=O)(=O)c1ccc(Cn2ccc(=O)[nH]c2=O)cc1. The first-order valence-electron chi connectivity index (χ1n) is 5.28. The minimum absolute atomic E-state index is 0.00469. The van der Waals surface area contributed by atoms with Gasteiger partial charge in [-0.3, -0.25) is 14.3 Å². The minimum atomic E-state index is -3.72. The van der Waals surface area contributed by atoms with Gasteiger partial charge in [-0.25, -0.2) is 18.4 Å². The summed E-state index contributed by atoms with van der Waals surface area (Å²) in [7, 11) is -3.72. The summed E-state index contributed by atoms with van der Waals surface area (Å²) in [6.07, 6.45) is 1.37. The first-order valence-corrected chi connectivity index (χ1v) is 6.82. The van der Waals surface area contributed by atoms with Gasteiger partial charge in [-0.15, -0.1) is 0 Å². The summed E-state index contributed by atoms with van der Waals surface area (Å²) in [6.45, 7) is 0.223. The van der Waals surface area contributed by atoms with Gasteiger partial charge in [0, 0.05) is 12.3 Å². The van der Waals surface area contributed by atoms with E-state index in [1.165, 1.54) is 29.0 Å². The summed E-state index contributed by atoms with van der Waals surface area (Å²) in [5.41, 5.74) is -0.282. The van der Waals surface area contributed by atoms with E-state index in [-0.39, 0.29) is 11.4 Å². The van der Waals surface area contributed by atoms with Crippen LogP contribution in [0.5, 0.6) is 0 Å². The highest BCUT2D eigenvalue weighted by molar-refractivity contribution is 7.89. The number of hydrogen-bond donors (Lipinski definition) is 2. The lowest BCUT2D eigenvalue weighted by atomic mass is 10.2. The molecule has 1 aromatic heterocycles. The van der Waals surface area contributed by atoms with Gasteiger partial charge in [0.05, 0.1) is 11.4 Å². The van der Waals surface area contributed by atoms with E-state index in [1.54, 1.807) is 12.1 Å². The second kappa shape index (κ2) is 4.82. The molecule has 0 fully saturated rings. The van der Waals surface area contributed by atoms with E-state index in [9.17, 15) is 18.0 Å². The molecule has 0 spiro atoms. The van der Waals surface area contributed by atoms with Crippen molar-refractivity contribution in [2.24, 2.45) is 5.14 Å². The van der Waals surface area contributed by atoms with Gasteiger partial charge in [0.1, 0.15) is 0 Å². The number of aromatic amines is 1. The van der Waals surface area contributed by atoms with Crippen molar-refractivity contribution >= 4 is 10.0 Å². The third-order valence-electron chi connectivity index (χ3n) is 2.50. The van der Waals surface area contributed by atoms with Crippen LogP contribution in [0, 0.1) is 0 Å². The van der Waals surface area contributed by atoms with E-state index in [0.717, 1.165) is 0 Å². The van der Waals surface area contributed by atoms with Gasteiger partial charge < -0.3 is 0 Å². The van der Waals surface area contributed by atoms with Crippen molar-refractivity contribution in [3.05, 3.63) is 62.9 Å². The molecule has 0 amide bonds. The molecule has 0 aliphatic heterocycles. The molecule has 0 unspecified atom stereocenters. The van der Waals surface area contributed by atoms with Crippen LogP contribution in [0.2, 0.25) is 0 Å². The Morgan fingerprint density at radius 2 is 1.74 bits per heavy atom. The van der Waals surface area contributed by atoms with Crippen LogP contribution >= 0.6 is 0 Å². The maximum absolute atomic E-state index is 11.5. The quantitative estimate of drug-likeness (QED) is 0.768. The minimum Gasteiger partial charge on any atom is -0.296 e. The Morgan fingerprint density at radius 1 is 1.11 bits per heavy atom. The fraction of sp³-hybridized carbons (Fsp3) is 0.0909. The maximum atomic E-state index is 11.5. The van der Waals surface area contributed by atoms with Crippen molar-refractivity contribution in [2.75, 3.05) is 0 Å². The number of primary sulfonamides is 1. The number of H-pyrrole nitrogens is 1. The Bertz CT molecular complexity index is 803. The number of sulfonamides is 1. The van der Waals surface area contributed by atoms with Gasteiger partial charge in [-0.05, 0) is 17.7 Å². The molecule has 7 nitrogen and oxygen atoms in total. The van der Waals surface area contributed by atoms with Crippen LogP contribution in [-0.2, 0) is 16.6 Å². The molecule has 0 radical (unpaired) electrons. The predicted molar refractivity (Wildman–Crippen MR) is 68.2 cm³/mol. The number of rotatable bonds is 3. The molecule has 0 atom stereocenters. The highest BCUT2D eigenvalue weighted by Gasteiger charge is 2.07. The lowest BCUT2D eigenvalue weighted by Gasteiger charge is -2.05. The largest absolute Gasteiger partial charge is 0.328 e. The summed E-state index contributed by atoms with van der Waals surface area (Å²) >= 11 is 0. The van der Waals surface area contributed by atoms with Gasteiger partial charge in [-0.1, -0.05) is 12.1 Å². The Labute approximate surface area is 108 Å². The van der Waals surface area contributed by atoms with Gasteiger partial charge >= 0.3 is 5.69 Å². The third kappa shape index (κ3) is 3.18. The molecule has 2 aromatic rings. The molecule has 0 bridgehead atoms. The molecule has 1 aromatic carbocycles. The smallest absolute Gasteiger partial charge is 0.296 e. The summed E-state index contributed by atoms with van der Waals surface area (Å²) in [4.78, 5) is 24.5. The Kier molecular flexibility index (Phi) is 3.36. The van der Waals surface area contributed by atoms with Crippen molar-refractivity contribution in [2.45, 2.75) is 11.4 Å². The highest BCUT2D eigenvalue weighted by Crippen LogP contribution is 2.09. The summed E-state index contributed by atoms with van der Waals surface area (Å²) < 4.78 is 23.5.